The maximum atomic E-state index is 13.9. The van der Waals surface area contributed by atoms with E-state index in [0.29, 0.717) is 38.0 Å². The molecule has 1 atom stereocenters. The summed E-state index contributed by atoms with van der Waals surface area (Å²) in [6, 6.07) is 18.7. The van der Waals surface area contributed by atoms with Crippen LogP contribution in [0, 0.1) is 5.92 Å². The fourth-order valence-corrected chi connectivity index (χ4v) is 6.15. The number of aromatic amines is 1. The van der Waals surface area contributed by atoms with Crippen LogP contribution in [0.15, 0.2) is 60.8 Å². The van der Waals surface area contributed by atoms with Crippen molar-refractivity contribution >= 4 is 29.9 Å². The summed E-state index contributed by atoms with van der Waals surface area (Å²) in [6.07, 6.45) is 5.78. The zero-order valence-electron chi connectivity index (χ0n) is 25.1. The standard InChI is InChI=1S/C33H42N6O3.ClH/c1-33(2,32(41)37-19-16-34-17-20-37)42-29-7-3-6-28(21-29)38-18-4-5-26(23-38)31(40)39(27-12-13-27)22-24-8-10-25(11-9-24)30-14-15-35-36-30;/h3,6-11,14-15,21,26-27,34H,4-5,12-13,16-20,22-23H2,1-2H3,(H,35,36);1H. The smallest absolute Gasteiger partial charge is 0.266 e. The van der Waals surface area contributed by atoms with Crippen molar-refractivity contribution in [3.8, 4) is 17.0 Å². The van der Waals surface area contributed by atoms with Crippen molar-refractivity contribution in [1.29, 1.82) is 0 Å². The van der Waals surface area contributed by atoms with Crippen molar-refractivity contribution in [1.82, 2.24) is 25.3 Å². The predicted molar refractivity (Wildman–Crippen MR) is 170 cm³/mol. The van der Waals surface area contributed by atoms with Gasteiger partial charge in [-0.1, -0.05) is 30.3 Å². The molecule has 2 N–H and O–H groups in total. The van der Waals surface area contributed by atoms with Crippen LogP contribution in [0.1, 0.15) is 45.1 Å². The third-order valence-electron chi connectivity index (χ3n) is 8.63. The summed E-state index contributed by atoms with van der Waals surface area (Å²) >= 11 is 0. The first-order valence-corrected chi connectivity index (χ1v) is 15.3. The van der Waals surface area contributed by atoms with Gasteiger partial charge in [0.2, 0.25) is 5.91 Å². The molecule has 3 aromatic rings. The van der Waals surface area contributed by atoms with Crippen LogP contribution in [0.4, 0.5) is 5.69 Å². The van der Waals surface area contributed by atoms with E-state index in [1.165, 1.54) is 0 Å². The number of anilines is 1. The van der Waals surface area contributed by atoms with Crippen LogP contribution >= 0.6 is 12.4 Å². The highest BCUT2D eigenvalue weighted by Crippen LogP contribution is 2.34. The Balaban J connectivity index is 0.00000368. The molecule has 0 spiro atoms. The first-order chi connectivity index (χ1) is 20.4. The quantitative estimate of drug-likeness (QED) is 0.373. The number of hydrogen-bond donors (Lipinski definition) is 2. The second-order valence-electron chi connectivity index (χ2n) is 12.3. The van der Waals surface area contributed by atoms with Crippen molar-refractivity contribution in [2.75, 3.05) is 44.2 Å². The van der Waals surface area contributed by atoms with E-state index in [-0.39, 0.29) is 30.1 Å². The largest absolute Gasteiger partial charge is 0.478 e. The van der Waals surface area contributed by atoms with Crippen molar-refractivity contribution < 1.29 is 14.3 Å². The Bertz CT molecular complexity index is 1370. The number of rotatable bonds is 9. The molecule has 2 aromatic carbocycles. The minimum absolute atomic E-state index is 0. The lowest BCUT2D eigenvalue weighted by molar-refractivity contribution is -0.146. The van der Waals surface area contributed by atoms with Gasteiger partial charge in [0, 0.05) is 69.8 Å². The average molecular weight is 607 g/mol. The molecule has 230 valence electrons. The monoisotopic (exact) mass is 606 g/mol. The molecule has 2 aliphatic heterocycles. The van der Waals surface area contributed by atoms with Gasteiger partial charge >= 0.3 is 0 Å². The number of nitrogens with one attached hydrogen (secondary N) is 2. The normalized spacial score (nSPS) is 19.0. The molecule has 6 rings (SSSR count). The first-order valence-electron chi connectivity index (χ1n) is 15.3. The van der Waals surface area contributed by atoms with Crippen LogP contribution in [-0.2, 0) is 16.1 Å². The number of halogens is 1. The molecule has 0 bridgehead atoms. The van der Waals surface area contributed by atoms with Crippen LogP contribution in [0.25, 0.3) is 11.3 Å². The Hall–Kier alpha value is -3.56. The molecular formula is C33H43ClN6O3. The molecule has 1 aliphatic carbocycles. The fourth-order valence-electron chi connectivity index (χ4n) is 6.15. The lowest BCUT2D eigenvalue weighted by Crippen LogP contribution is -2.54. The van der Waals surface area contributed by atoms with Gasteiger partial charge in [0.15, 0.2) is 5.60 Å². The van der Waals surface area contributed by atoms with Crippen molar-refractivity contribution in [2.45, 2.75) is 57.7 Å². The number of aromatic nitrogens is 2. The van der Waals surface area contributed by atoms with Crippen LogP contribution in [0.2, 0.25) is 0 Å². The van der Waals surface area contributed by atoms with Crippen LogP contribution < -0.4 is 15.0 Å². The zero-order valence-corrected chi connectivity index (χ0v) is 25.9. The molecule has 43 heavy (non-hydrogen) atoms. The van der Waals surface area contributed by atoms with Gasteiger partial charge in [-0.2, -0.15) is 5.10 Å². The van der Waals surface area contributed by atoms with E-state index in [1.807, 2.05) is 43.0 Å². The van der Waals surface area contributed by atoms with E-state index < -0.39 is 5.60 Å². The lowest BCUT2D eigenvalue weighted by atomic mass is 9.95. The predicted octanol–water partition coefficient (Wildman–Crippen LogP) is 4.50. The van der Waals surface area contributed by atoms with Gasteiger partial charge in [0.05, 0.1) is 11.6 Å². The summed E-state index contributed by atoms with van der Waals surface area (Å²) in [6.45, 7) is 8.93. The third-order valence-corrected chi connectivity index (χ3v) is 8.63. The van der Waals surface area contributed by atoms with E-state index in [2.05, 4.69) is 55.6 Å². The van der Waals surface area contributed by atoms with Crippen molar-refractivity contribution in [2.24, 2.45) is 5.92 Å². The number of piperazine rings is 1. The molecule has 9 nitrogen and oxygen atoms in total. The number of nitrogens with zero attached hydrogens (tertiary/aromatic N) is 4. The summed E-state index contributed by atoms with van der Waals surface area (Å²) in [5.74, 6) is 0.899. The molecular weight excluding hydrogens is 564 g/mol. The number of amides is 2. The van der Waals surface area contributed by atoms with E-state index in [9.17, 15) is 9.59 Å². The van der Waals surface area contributed by atoms with Crippen molar-refractivity contribution in [3.63, 3.8) is 0 Å². The molecule has 3 fully saturated rings. The zero-order chi connectivity index (χ0) is 29.1. The highest BCUT2D eigenvalue weighted by Gasteiger charge is 2.38. The second kappa shape index (κ2) is 13.4. The molecule has 1 unspecified atom stereocenters. The van der Waals surface area contributed by atoms with E-state index >= 15 is 0 Å². The molecule has 10 heteroatoms. The van der Waals surface area contributed by atoms with Gasteiger partial charge in [-0.15, -0.1) is 12.4 Å². The molecule has 1 aromatic heterocycles. The van der Waals surface area contributed by atoms with Crippen LogP contribution in [-0.4, -0.2) is 82.7 Å². The second-order valence-corrected chi connectivity index (χ2v) is 12.3. The Kier molecular flexibility index (Phi) is 9.62. The number of piperidine rings is 1. The SMILES string of the molecule is CC(C)(Oc1cccc(N2CCCC(C(=O)N(Cc3ccc(-c4ccn[nH]4)cc3)C3CC3)C2)c1)C(=O)N1CCNCC1.Cl. The molecule has 1 saturated carbocycles. The number of ether oxygens (including phenoxy) is 1. The first kappa shape index (κ1) is 30.9. The average Bonchev–Trinajstić information content (AvgIpc) is 3.72. The maximum Gasteiger partial charge on any atom is 0.266 e. The Morgan fingerprint density at radius 3 is 2.49 bits per heavy atom. The maximum absolute atomic E-state index is 13.9. The summed E-state index contributed by atoms with van der Waals surface area (Å²) < 4.78 is 6.28. The third kappa shape index (κ3) is 7.33. The Morgan fingerprint density at radius 1 is 1.02 bits per heavy atom. The molecule has 0 radical (unpaired) electrons. The number of hydrogen-bond acceptors (Lipinski definition) is 6. The van der Waals surface area contributed by atoms with Gasteiger partial charge in [0.1, 0.15) is 5.75 Å². The Labute approximate surface area is 260 Å². The lowest BCUT2D eigenvalue weighted by Gasteiger charge is -2.37. The summed E-state index contributed by atoms with van der Waals surface area (Å²) in [7, 11) is 0. The molecule has 2 saturated heterocycles. The summed E-state index contributed by atoms with van der Waals surface area (Å²) in [5, 5.41) is 10.3. The number of carbonyl (C=O) groups excluding carboxylic acids is 2. The summed E-state index contributed by atoms with van der Waals surface area (Å²) in [5.41, 5.74) is 3.30. The van der Waals surface area contributed by atoms with E-state index in [4.69, 9.17) is 4.74 Å². The van der Waals surface area contributed by atoms with E-state index in [1.54, 1.807) is 6.20 Å². The van der Waals surface area contributed by atoms with Gasteiger partial charge in [-0.3, -0.25) is 14.7 Å². The van der Waals surface area contributed by atoms with Gasteiger partial charge < -0.3 is 24.8 Å². The van der Waals surface area contributed by atoms with Crippen LogP contribution in [0.5, 0.6) is 5.75 Å². The minimum Gasteiger partial charge on any atom is -0.478 e. The minimum atomic E-state index is -0.961. The van der Waals surface area contributed by atoms with Gasteiger partial charge in [-0.25, -0.2) is 0 Å². The highest BCUT2D eigenvalue weighted by atomic mass is 35.5. The topological polar surface area (TPSA) is 93.8 Å². The fraction of sp³-hybridized carbons (Fsp3) is 0.485. The summed E-state index contributed by atoms with van der Waals surface area (Å²) in [4.78, 5) is 33.4. The number of benzene rings is 2. The van der Waals surface area contributed by atoms with Gasteiger partial charge in [-0.05, 0) is 68.9 Å². The van der Waals surface area contributed by atoms with Crippen LogP contribution in [0.3, 0.4) is 0 Å². The highest BCUT2D eigenvalue weighted by molar-refractivity contribution is 5.85. The molecule has 3 heterocycles. The molecule has 3 aliphatic rings. The van der Waals surface area contributed by atoms with E-state index in [0.717, 1.165) is 67.8 Å². The molecule has 2 amide bonds. The van der Waals surface area contributed by atoms with Gasteiger partial charge in [0.25, 0.3) is 5.91 Å². The Morgan fingerprint density at radius 2 is 1.79 bits per heavy atom. The van der Waals surface area contributed by atoms with Crippen molar-refractivity contribution in [3.05, 3.63) is 66.4 Å². The number of H-pyrrole nitrogens is 1. The number of carbonyl (C=O) groups is 2.